The van der Waals surface area contributed by atoms with E-state index in [4.69, 9.17) is 0 Å². The molecule has 0 spiro atoms. The van der Waals surface area contributed by atoms with Gasteiger partial charge in [0.1, 0.15) is 0 Å². The number of nitrogens with one attached hydrogen (secondary N) is 1. The van der Waals surface area contributed by atoms with Crippen LogP contribution in [0, 0.1) is 0 Å². The highest BCUT2D eigenvalue weighted by Crippen LogP contribution is 2.10. The van der Waals surface area contributed by atoms with Gasteiger partial charge >= 0.3 is 0 Å². The fraction of sp³-hybridized carbons (Fsp3) is 0.867. The van der Waals surface area contributed by atoms with Crippen LogP contribution in [0.25, 0.3) is 0 Å². The van der Waals surface area contributed by atoms with Crippen molar-refractivity contribution in [2.45, 2.75) is 39.7 Å². The van der Waals surface area contributed by atoms with Crippen LogP contribution in [-0.4, -0.2) is 62.2 Å². The highest BCUT2D eigenvalue weighted by atomic mass is 15.1. The Hall–Kier alpha value is -0.380. The first-order valence-corrected chi connectivity index (χ1v) is 7.39. The largest absolute Gasteiger partial charge is 0.313 e. The molecule has 0 aromatic rings. The lowest BCUT2D eigenvalue weighted by Crippen LogP contribution is -2.44. The molecule has 0 aromatic heterocycles. The molecular weight excluding hydrogens is 222 g/mol. The maximum Gasteiger partial charge on any atom is 0.0165 e. The lowest BCUT2D eigenvalue weighted by molar-refractivity contribution is 0.211. The van der Waals surface area contributed by atoms with Gasteiger partial charge in [-0.05, 0) is 53.4 Å². The van der Waals surface area contributed by atoms with Gasteiger partial charge in [-0.25, -0.2) is 0 Å². The zero-order chi connectivity index (χ0) is 13.4. The second-order valence-corrected chi connectivity index (χ2v) is 5.71. The van der Waals surface area contributed by atoms with Crippen LogP contribution in [0.5, 0.6) is 0 Å². The van der Waals surface area contributed by atoms with E-state index in [1.165, 1.54) is 31.5 Å². The standard InChI is InChI=1S/C15H31N3/c1-5-17(4)13-9-16-15-7-11-18(12-8-15)10-6-14(2)3/h6,15-16H,5,7-13H2,1-4H3. The van der Waals surface area contributed by atoms with Gasteiger partial charge in [-0.3, -0.25) is 4.90 Å². The van der Waals surface area contributed by atoms with Crippen LogP contribution in [0.3, 0.4) is 0 Å². The van der Waals surface area contributed by atoms with E-state index in [1.54, 1.807) is 0 Å². The number of likely N-dealkylation sites (N-methyl/N-ethyl adjacent to an activating group) is 1. The van der Waals surface area contributed by atoms with Crippen molar-refractivity contribution in [2.24, 2.45) is 0 Å². The predicted octanol–water partition coefficient (Wildman–Crippen LogP) is 1.96. The number of rotatable bonds is 7. The number of nitrogens with zero attached hydrogens (tertiary/aromatic N) is 2. The minimum Gasteiger partial charge on any atom is -0.313 e. The second-order valence-electron chi connectivity index (χ2n) is 5.71. The third-order valence-corrected chi connectivity index (χ3v) is 3.81. The first-order chi connectivity index (χ1) is 8.61. The molecule has 0 aromatic carbocycles. The summed E-state index contributed by atoms with van der Waals surface area (Å²) in [6, 6.07) is 0.734. The van der Waals surface area contributed by atoms with E-state index in [-0.39, 0.29) is 0 Å². The van der Waals surface area contributed by atoms with Gasteiger partial charge in [0.2, 0.25) is 0 Å². The minimum absolute atomic E-state index is 0.734. The van der Waals surface area contributed by atoms with E-state index in [0.717, 1.165) is 32.2 Å². The van der Waals surface area contributed by atoms with Crippen LogP contribution in [0.2, 0.25) is 0 Å². The summed E-state index contributed by atoms with van der Waals surface area (Å²) >= 11 is 0. The summed E-state index contributed by atoms with van der Waals surface area (Å²) in [6.07, 6.45) is 4.93. The summed E-state index contributed by atoms with van der Waals surface area (Å²) in [5.41, 5.74) is 1.43. The summed E-state index contributed by atoms with van der Waals surface area (Å²) in [5, 5.41) is 3.69. The Kier molecular flexibility index (Phi) is 7.56. The molecule has 1 aliphatic rings. The van der Waals surface area contributed by atoms with Crippen molar-refractivity contribution >= 4 is 0 Å². The molecule has 3 nitrogen and oxygen atoms in total. The van der Waals surface area contributed by atoms with Gasteiger partial charge in [0.05, 0.1) is 0 Å². The van der Waals surface area contributed by atoms with Gasteiger partial charge in [0.15, 0.2) is 0 Å². The van der Waals surface area contributed by atoms with Crippen LogP contribution in [0.1, 0.15) is 33.6 Å². The summed E-state index contributed by atoms with van der Waals surface area (Å²) < 4.78 is 0. The molecule has 1 fully saturated rings. The van der Waals surface area contributed by atoms with E-state index in [9.17, 15) is 0 Å². The fourth-order valence-corrected chi connectivity index (χ4v) is 2.25. The quantitative estimate of drug-likeness (QED) is 0.700. The molecule has 0 amide bonds. The topological polar surface area (TPSA) is 18.5 Å². The van der Waals surface area contributed by atoms with E-state index in [0.29, 0.717) is 0 Å². The van der Waals surface area contributed by atoms with Crippen molar-refractivity contribution in [3.8, 4) is 0 Å². The number of hydrogen-bond donors (Lipinski definition) is 1. The smallest absolute Gasteiger partial charge is 0.0165 e. The summed E-state index contributed by atoms with van der Waals surface area (Å²) in [7, 11) is 2.18. The van der Waals surface area contributed by atoms with Crippen molar-refractivity contribution in [3.63, 3.8) is 0 Å². The highest BCUT2D eigenvalue weighted by Gasteiger charge is 2.17. The maximum atomic E-state index is 3.69. The Bertz CT molecular complexity index is 238. The summed E-state index contributed by atoms with van der Waals surface area (Å²) in [5.74, 6) is 0. The van der Waals surface area contributed by atoms with Crippen molar-refractivity contribution in [2.75, 3.05) is 46.3 Å². The van der Waals surface area contributed by atoms with Crippen LogP contribution in [0.15, 0.2) is 11.6 Å². The molecule has 1 rings (SSSR count). The van der Waals surface area contributed by atoms with Crippen molar-refractivity contribution in [1.29, 1.82) is 0 Å². The Morgan fingerprint density at radius 3 is 2.56 bits per heavy atom. The molecule has 0 radical (unpaired) electrons. The number of hydrogen-bond acceptors (Lipinski definition) is 3. The van der Waals surface area contributed by atoms with Crippen LogP contribution in [0.4, 0.5) is 0 Å². The average Bonchev–Trinajstić information content (AvgIpc) is 2.37. The molecule has 3 heteroatoms. The number of piperidine rings is 1. The average molecular weight is 253 g/mol. The van der Waals surface area contributed by atoms with Gasteiger partial charge in [-0.15, -0.1) is 0 Å². The van der Waals surface area contributed by atoms with Gasteiger partial charge in [0, 0.05) is 25.7 Å². The highest BCUT2D eigenvalue weighted by molar-refractivity contribution is 4.95. The van der Waals surface area contributed by atoms with Gasteiger partial charge in [-0.1, -0.05) is 18.6 Å². The van der Waals surface area contributed by atoms with E-state index < -0.39 is 0 Å². The predicted molar refractivity (Wildman–Crippen MR) is 80.1 cm³/mol. The molecule has 0 atom stereocenters. The molecule has 1 N–H and O–H groups in total. The van der Waals surface area contributed by atoms with Gasteiger partial charge < -0.3 is 10.2 Å². The normalized spacial score (nSPS) is 18.3. The zero-order valence-corrected chi connectivity index (χ0v) is 12.7. The Morgan fingerprint density at radius 1 is 1.33 bits per heavy atom. The van der Waals surface area contributed by atoms with Crippen LogP contribution < -0.4 is 5.32 Å². The lowest BCUT2D eigenvalue weighted by Gasteiger charge is -2.32. The van der Waals surface area contributed by atoms with E-state index in [1.807, 2.05) is 0 Å². The second kappa shape index (κ2) is 8.68. The molecule has 1 heterocycles. The number of allylic oxidation sites excluding steroid dienone is 1. The summed E-state index contributed by atoms with van der Waals surface area (Å²) in [4.78, 5) is 4.92. The monoisotopic (exact) mass is 253 g/mol. The van der Waals surface area contributed by atoms with Crippen molar-refractivity contribution in [3.05, 3.63) is 11.6 Å². The first-order valence-electron chi connectivity index (χ1n) is 7.39. The maximum absolute atomic E-state index is 3.69. The molecule has 106 valence electrons. The minimum atomic E-state index is 0.734. The molecule has 0 saturated carbocycles. The summed E-state index contributed by atoms with van der Waals surface area (Å²) in [6.45, 7) is 13.6. The molecular formula is C15H31N3. The fourth-order valence-electron chi connectivity index (χ4n) is 2.25. The molecule has 18 heavy (non-hydrogen) atoms. The molecule has 1 aliphatic heterocycles. The third-order valence-electron chi connectivity index (χ3n) is 3.81. The van der Waals surface area contributed by atoms with E-state index >= 15 is 0 Å². The molecule has 0 aliphatic carbocycles. The van der Waals surface area contributed by atoms with Crippen molar-refractivity contribution < 1.29 is 0 Å². The molecule has 0 bridgehead atoms. The van der Waals surface area contributed by atoms with Crippen LogP contribution >= 0.6 is 0 Å². The number of likely N-dealkylation sites (tertiary alicyclic amines) is 1. The molecule has 1 saturated heterocycles. The molecule has 0 unspecified atom stereocenters. The zero-order valence-electron chi connectivity index (χ0n) is 12.7. The van der Waals surface area contributed by atoms with Crippen LogP contribution in [-0.2, 0) is 0 Å². The lowest BCUT2D eigenvalue weighted by atomic mass is 10.0. The third kappa shape index (κ3) is 6.53. The Morgan fingerprint density at radius 2 is 2.00 bits per heavy atom. The SMILES string of the molecule is CCN(C)CCNC1CCN(CC=C(C)C)CC1. The first kappa shape index (κ1) is 15.7. The van der Waals surface area contributed by atoms with Crippen molar-refractivity contribution in [1.82, 2.24) is 15.1 Å². The van der Waals surface area contributed by atoms with E-state index in [2.05, 4.69) is 49.0 Å². The van der Waals surface area contributed by atoms with Gasteiger partial charge in [-0.2, -0.15) is 0 Å². The Labute approximate surface area is 113 Å². The Balaban J connectivity index is 2.10. The van der Waals surface area contributed by atoms with Gasteiger partial charge in [0.25, 0.3) is 0 Å².